The molecule has 3 saturated heterocycles. The van der Waals surface area contributed by atoms with Crippen molar-refractivity contribution in [3.05, 3.63) is 215 Å². The molecule has 6 aromatic carbocycles. The van der Waals surface area contributed by atoms with Crippen molar-refractivity contribution in [3.63, 3.8) is 0 Å². The standard InChI is InChI=1S/C50H50NO5P/c1-48(2)52-46-47(53-48)50(42-32-18-7-19-33-42,43-34-20-8-21-35-43)56-57(55-49(46,40-28-14-5-15-29-40)41-30-16-6-17-31-41)54-45(39-26-12-4-13-27-39)44(38-24-10-3-11-25-38)51-36-22-9-23-37-51/h3-8,10-21,24-35,44-47H,9,22-23,36-37H2,1-2H3/t44-,45+,46+,47+/m0/s1. The van der Waals surface area contributed by atoms with E-state index in [2.05, 4.69) is 163 Å². The van der Waals surface area contributed by atoms with Crippen molar-refractivity contribution in [2.45, 2.75) is 74.5 Å². The second-order valence-electron chi connectivity index (χ2n) is 15.7. The van der Waals surface area contributed by atoms with Crippen LogP contribution in [-0.2, 0) is 34.2 Å². The van der Waals surface area contributed by atoms with Gasteiger partial charge in [0.2, 0.25) is 0 Å². The second-order valence-corrected chi connectivity index (χ2v) is 16.7. The van der Waals surface area contributed by atoms with E-state index in [9.17, 15) is 0 Å². The summed E-state index contributed by atoms with van der Waals surface area (Å²) in [5.74, 6) is -0.980. The molecule has 0 unspecified atom stereocenters. The lowest BCUT2D eigenvalue weighted by Gasteiger charge is -2.42. The molecule has 6 aromatic rings. The summed E-state index contributed by atoms with van der Waals surface area (Å²) in [6.45, 7) is 5.92. The van der Waals surface area contributed by atoms with E-state index in [1.165, 1.54) is 12.0 Å². The van der Waals surface area contributed by atoms with Gasteiger partial charge in [0, 0.05) is 0 Å². The van der Waals surface area contributed by atoms with Gasteiger partial charge < -0.3 is 14.0 Å². The Labute approximate surface area is 338 Å². The van der Waals surface area contributed by atoms with Gasteiger partial charge in [0.25, 0.3) is 0 Å². The molecule has 0 spiro atoms. The molecule has 6 nitrogen and oxygen atoms in total. The summed E-state index contributed by atoms with van der Waals surface area (Å²) >= 11 is 0. The molecule has 3 fully saturated rings. The maximum Gasteiger partial charge on any atom is 0.336 e. The molecule has 3 aliphatic heterocycles. The number of hydrogen-bond acceptors (Lipinski definition) is 6. The normalized spacial score (nSPS) is 22.8. The van der Waals surface area contributed by atoms with Gasteiger partial charge in [0.15, 0.2) is 17.0 Å². The van der Waals surface area contributed by atoms with Gasteiger partial charge in [0.05, 0.1) is 6.04 Å². The number of fused-ring (bicyclic) bond motifs is 1. The van der Waals surface area contributed by atoms with Gasteiger partial charge in [-0.3, -0.25) is 13.9 Å². The first kappa shape index (κ1) is 38.1. The molecule has 7 heteroatoms. The van der Waals surface area contributed by atoms with Crippen molar-refractivity contribution < 1.29 is 23.0 Å². The topological polar surface area (TPSA) is 49.4 Å². The van der Waals surface area contributed by atoms with E-state index in [0.29, 0.717) is 0 Å². The van der Waals surface area contributed by atoms with Crippen LogP contribution in [-0.4, -0.2) is 36.0 Å². The van der Waals surface area contributed by atoms with Crippen LogP contribution >= 0.6 is 8.60 Å². The number of ether oxygens (including phenoxy) is 2. The van der Waals surface area contributed by atoms with Crippen molar-refractivity contribution in [2.24, 2.45) is 0 Å². The lowest BCUT2D eigenvalue weighted by molar-refractivity contribution is -0.177. The summed E-state index contributed by atoms with van der Waals surface area (Å²) in [6.07, 6.45) is 1.67. The minimum absolute atomic E-state index is 0.108. The minimum Gasteiger partial charge on any atom is -0.341 e. The third kappa shape index (κ3) is 7.30. The molecular formula is C50H50NO5P. The van der Waals surface area contributed by atoms with Gasteiger partial charge in [-0.25, -0.2) is 0 Å². The largest absolute Gasteiger partial charge is 0.341 e. The molecule has 290 valence electrons. The Morgan fingerprint density at radius 1 is 0.491 bits per heavy atom. The first-order valence-corrected chi connectivity index (χ1v) is 21.3. The maximum atomic E-state index is 7.80. The predicted molar refractivity (Wildman–Crippen MR) is 225 cm³/mol. The van der Waals surface area contributed by atoms with Crippen molar-refractivity contribution in [2.75, 3.05) is 13.1 Å². The van der Waals surface area contributed by atoms with Crippen LogP contribution in [0.15, 0.2) is 182 Å². The number of rotatable bonds is 10. The Kier molecular flexibility index (Phi) is 10.9. The quantitative estimate of drug-likeness (QED) is 0.129. The van der Waals surface area contributed by atoms with E-state index in [4.69, 9.17) is 23.0 Å². The summed E-state index contributed by atoms with van der Waals surface area (Å²) in [5, 5.41) is 0. The van der Waals surface area contributed by atoms with E-state index in [1.807, 2.05) is 38.1 Å². The van der Waals surface area contributed by atoms with Crippen molar-refractivity contribution in [1.82, 2.24) is 4.90 Å². The van der Waals surface area contributed by atoms with E-state index in [0.717, 1.165) is 53.7 Å². The Morgan fingerprint density at radius 2 is 0.842 bits per heavy atom. The molecule has 3 aliphatic rings. The Balaban J connectivity index is 1.31. The van der Waals surface area contributed by atoms with Gasteiger partial charge >= 0.3 is 8.60 Å². The summed E-state index contributed by atoms with van der Waals surface area (Å²) < 4.78 is 37.8. The van der Waals surface area contributed by atoms with Crippen LogP contribution in [0.2, 0.25) is 0 Å². The molecule has 3 heterocycles. The molecule has 9 rings (SSSR count). The molecular weight excluding hydrogens is 726 g/mol. The fourth-order valence-electron chi connectivity index (χ4n) is 9.16. The summed E-state index contributed by atoms with van der Waals surface area (Å²) in [7, 11) is -2.22. The Hall–Kier alpha value is -4.49. The van der Waals surface area contributed by atoms with Gasteiger partial charge in [-0.2, -0.15) is 0 Å². The van der Waals surface area contributed by atoms with Crippen molar-refractivity contribution in [1.29, 1.82) is 0 Å². The average molecular weight is 776 g/mol. The van der Waals surface area contributed by atoms with E-state index >= 15 is 0 Å². The zero-order valence-electron chi connectivity index (χ0n) is 32.6. The van der Waals surface area contributed by atoms with Crippen LogP contribution in [0.1, 0.15) is 78.6 Å². The van der Waals surface area contributed by atoms with Crippen LogP contribution in [0.25, 0.3) is 0 Å². The SMILES string of the molecule is CC1(C)O[C@@H]2[C@@H](O1)C(c1ccccc1)(c1ccccc1)OP(O[C@H](c1ccccc1)[C@H](c1ccccc1)N1CCCCC1)OC2(c1ccccc1)c1ccccc1. The minimum atomic E-state index is -2.22. The number of benzene rings is 6. The third-order valence-electron chi connectivity index (χ3n) is 11.7. The van der Waals surface area contributed by atoms with Gasteiger partial charge in [0.1, 0.15) is 18.3 Å². The lowest BCUT2D eigenvalue weighted by atomic mass is 9.72. The van der Waals surface area contributed by atoms with Crippen LogP contribution in [0.5, 0.6) is 0 Å². The fourth-order valence-corrected chi connectivity index (χ4v) is 10.8. The van der Waals surface area contributed by atoms with Gasteiger partial charge in [-0.15, -0.1) is 0 Å². The average Bonchev–Trinajstić information content (AvgIpc) is 3.56. The number of likely N-dealkylation sites (tertiary alicyclic amines) is 1. The second kappa shape index (κ2) is 16.4. The molecule has 57 heavy (non-hydrogen) atoms. The molecule has 0 saturated carbocycles. The lowest BCUT2D eigenvalue weighted by Crippen LogP contribution is -2.53. The molecule has 0 radical (unpaired) electrons. The van der Waals surface area contributed by atoms with Crippen molar-refractivity contribution >= 4 is 8.60 Å². The number of piperidine rings is 1. The smallest absolute Gasteiger partial charge is 0.336 e. The van der Waals surface area contributed by atoms with E-state index in [-0.39, 0.29) is 6.04 Å². The Morgan fingerprint density at radius 3 is 1.23 bits per heavy atom. The van der Waals surface area contributed by atoms with Crippen LogP contribution < -0.4 is 0 Å². The molecule has 4 atom stereocenters. The zero-order valence-corrected chi connectivity index (χ0v) is 33.5. The van der Waals surface area contributed by atoms with Crippen LogP contribution in [0.3, 0.4) is 0 Å². The third-order valence-corrected chi connectivity index (χ3v) is 13.0. The summed E-state index contributed by atoms with van der Waals surface area (Å²) in [4.78, 5) is 2.59. The molecule has 0 aliphatic carbocycles. The predicted octanol–water partition coefficient (Wildman–Crippen LogP) is 11.7. The first-order chi connectivity index (χ1) is 28.0. The van der Waals surface area contributed by atoms with E-state index in [1.54, 1.807) is 0 Å². The summed E-state index contributed by atoms with van der Waals surface area (Å²) in [6, 6.07) is 62.9. The summed E-state index contributed by atoms with van der Waals surface area (Å²) in [5.41, 5.74) is 3.52. The molecule has 0 bridgehead atoms. The van der Waals surface area contributed by atoms with Gasteiger partial charge in [-0.05, 0) is 73.2 Å². The molecule has 0 amide bonds. The number of hydrogen-bond donors (Lipinski definition) is 0. The highest BCUT2D eigenvalue weighted by Crippen LogP contribution is 2.66. The highest BCUT2D eigenvalue weighted by molar-refractivity contribution is 7.41. The fraction of sp³-hybridized carbons (Fsp3) is 0.280. The molecule has 0 aromatic heterocycles. The highest BCUT2D eigenvalue weighted by atomic mass is 31.2. The number of nitrogens with zero attached hydrogens (tertiary/aromatic N) is 1. The van der Waals surface area contributed by atoms with Gasteiger partial charge in [-0.1, -0.05) is 188 Å². The monoisotopic (exact) mass is 775 g/mol. The van der Waals surface area contributed by atoms with Crippen LogP contribution in [0, 0.1) is 0 Å². The Bertz CT molecular complexity index is 1990. The van der Waals surface area contributed by atoms with E-state index < -0.39 is 43.9 Å². The zero-order chi connectivity index (χ0) is 38.7. The van der Waals surface area contributed by atoms with Crippen molar-refractivity contribution in [3.8, 4) is 0 Å². The van der Waals surface area contributed by atoms with Crippen LogP contribution in [0.4, 0.5) is 0 Å². The highest BCUT2D eigenvalue weighted by Gasteiger charge is 2.67. The first-order valence-electron chi connectivity index (χ1n) is 20.2. The molecule has 0 N–H and O–H groups in total. The maximum absolute atomic E-state index is 7.80.